The van der Waals surface area contributed by atoms with E-state index in [0.29, 0.717) is 12.1 Å². The maximum absolute atomic E-state index is 3.73. The van der Waals surface area contributed by atoms with E-state index in [0.717, 1.165) is 26.1 Å². The molecular formula is C31H35N3. The van der Waals surface area contributed by atoms with E-state index in [1.165, 1.54) is 43.7 Å². The summed E-state index contributed by atoms with van der Waals surface area (Å²) in [4.78, 5) is 0. The van der Waals surface area contributed by atoms with E-state index in [9.17, 15) is 0 Å². The molecule has 1 aromatic heterocycles. The minimum absolute atomic E-state index is 0.322. The van der Waals surface area contributed by atoms with E-state index in [1.54, 1.807) is 0 Å². The Labute approximate surface area is 202 Å². The number of hydrogen-bond donors (Lipinski definition) is 2. The van der Waals surface area contributed by atoms with E-state index in [1.807, 2.05) is 0 Å². The number of nitrogens with zero attached hydrogens (tertiary/aromatic N) is 1. The third-order valence-electron chi connectivity index (χ3n) is 7.16. The van der Waals surface area contributed by atoms with Crippen LogP contribution in [0.1, 0.15) is 50.4 Å². The fraction of sp³-hybridized carbons (Fsp3) is 0.290. The van der Waals surface area contributed by atoms with E-state index in [4.69, 9.17) is 0 Å². The third kappa shape index (κ3) is 4.34. The first-order chi connectivity index (χ1) is 16.7. The molecule has 5 aromatic rings. The highest BCUT2D eigenvalue weighted by atomic mass is 15.0. The van der Waals surface area contributed by atoms with Crippen LogP contribution in [0.25, 0.3) is 32.6 Å². The molecule has 0 radical (unpaired) electrons. The summed E-state index contributed by atoms with van der Waals surface area (Å²) >= 11 is 0. The molecular weight excluding hydrogens is 414 g/mol. The molecule has 5 rings (SSSR count). The predicted octanol–water partition coefficient (Wildman–Crippen LogP) is 7.36. The van der Waals surface area contributed by atoms with Gasteiger partial charge in [0.15, 0.2) is 0 Å². The van der Waals surface area contributed by atoms with Crippen LogP contribution in [0.15, 0.2) is 84.9 Å². The van der Waals surface area contributed by atoms with Crippen LogP contribution < -0.4 is 10.6 Å². The second-order valence-electron chi connectivity index (χ2n) is 9.31. The van der Waals surface area contributed by atoms with Crippen LogP contribution in [0.3, 0.4) is 0 Å². The topological polar surface area (TPSA) is 29.0 Å². The van der Waals surface area contributed by atoms with Gasteiger partial charge in [-0.2, -0.15) is 0 Å². The summed E-state index contributed by atoms with van der Waals surface area (Å²) in [5.74, 6) is 0. The molecule has 0 saturated heterocycles. The van der Waals surface area contributed by atoms with Gasteiger partial charge in [-0.3, -0.25) is 0 Å². The Hall–Kier alpha value is -3.14. The Morgan fingerprint density at radius 1 is 0.676 bits per heavy atom. The van der Waals surface area contributed by atoms with E-state index in [2.05, 4.69) is 121 Å². The van der Waals surface area contributed by atoms with E-state index in [-0.39, 0.29) is 0 Å². The van der Waals surface area contributed by atoms with Gasteiger partial charge in [0.1, 0.15) is 0 Å². The van der Waals surface area contributed by atoms with Crippen LogP contribution in [-0.4, -0.2) is 17.7 Å². The lowest BCUT2D eigenvalue weighted by Gasteiger charge is -2.18. The average Bonchev–Trinajstić information content (AvgIpc) is 3.20. The number of aromatic nitrogens is 1. The summed E-state index contributed by atoms with van der Waals surface area (Å²) in [7, 11) is 0. The van der Waals surface area contributed by atoms with Crippen LogP contribution in [-0.2, 0) is 6.54 Å². The Morgan fingerprint density at radius 3 is 2.18 bits per heavy atom. The maximum Gasteiger partial charge on any atom is 0.0494 e. The van der Waals surface area contributed by atoms with Crippen LogP contribution in [0, 0.1) is 0 Å². The molecule has 2 atom stereocenters. The molecule has 0 bridgehead atoms. The van der Waals surface area contributed by atoms with Crippen molar-refractivity contribution in [3.63, 3.8) is 0 Å². The van der Waals surface area contributed by atoms with Gasteiger partial charge in [0, 0.05) is 40.4 Å². The van der Waals surface area contributed by atoms with Gasteiger partial charge in [-0.05, 0) is 74.3 Å². The Kier molecular flexibility index (Phi) is 6.66. The van der Waals surface area contributed by atoms with Crippen molar-refractivity contribution in [3.05, 3.63) is 96.1 Å². The molecule has 4 aromatic carbocycles. The Bertz CT molecular complexity index is 1410. The molecule has 3 nitrogen and oxygen atoms in total. The van der Waals surface area contributed by atoms with E-state index < -0.39 is 0 Å². The van der Waals surface area contributed by atoms with Crippen molar-refractivity contribution in [1.82, 2.24) is 15.2 Å². The lowest BCUT2D eigenvalue weighted by molar-refractivity contribution is 0.512. The fourth-order valence-electron chi connectivity index (χ4n) is 5.26. The van der Waals surface area contributed by atoms with Crippen molar-refractivity contribution in [3.8, 4) is 0 Å². The molecule has 34 heavy (non-hydrogen) atoms. The monoisotopic (exact) mass is 449 g/mol. The molecule has 0 amide bonds. The SMILES string of the molecule is CCn1c2ccccc2c2ccc(C(C)NCCCNC(C)c3cccc4ccccc34)cc21. The molecule has 0 aliphatic heterocycles. The summed E-state index contributed by atoms with van der Waals surface area (Å²) in [5.41, 5.74) is 5.38. The molecule has 0 aliphatic rings. The quantitative estimate of drug-likeness (QED) is 0.230. The van der Waals surface area contributed by atoms with Gasteiger partial charge in [0.2, 0.25) is 0 Å². The van der Waals surface area contributed by atoms with Gasteiger partial charge in [-0.25, -0.2) is 0 Å². The van der Waals surface area contributed by atoms with Gasteiger partial charge >= 0.3 is 0 Å². The fourth-order valence-corrected chi connectivity index (χ4v) is 5.26. The van der Waals surface area contributed by atoms with Crippen molar-refractivity contribution < 1.29 is 0 Å². The Balaban J connectivity index is 1.19. The summed E-state index contributed by atoms with van der Waals surface area (Å²) in [5, 5.41) is 12.8. The number of rotatable bonds is 9. The molecule has 0 spiro atoms. The van der Waals surface area contributed by atoms with Gasteiger partial charge < -0.3 is 15.2 Å². The molecule has 0 aliphatic carbocycles. The van der Waals surface area contributed by atoms with Crippen LogP contribution in [0.5, 0.6) is 0 Å². The zero-order valence-electron chi connectivity index (χ0n) is 20.5. The third-order valence-corrected chi connectivity index (χ3v) is 7.16. The summed E-state index contributed by atoms with van der Waals surface area (Å²) in [6.45, 7) is 9.73. The minimum Gasteiger partial charge on any atom is -0.341 e. The van der Waals surface area contributed by atoms with Crippen molar-refractivity contribution in [2.45, 2.75) is 45.8 Å². The van der Waals surface area contributed by atoms with Gasteiger partial charge in [-0.1, -0.05) is 72.8 Å². The molecule has 0 fully saturated rings. The van der Waals surface area contributed by atoms with E-state index >= 15 is 0 Å². The van der Waals surface area contributed by atoms with Crippen molar-refractivity contribution >= 4 is 32.6 Å². The number of aryl methyl sites for hydroxylation is 1. The number of hydrogen-bond acceptors (Lipinski definition) is 2. The number of nitrogens with one attached hydrogen (secondary N) is 2. The Morgan fingerprint density at radius 2 is 1.35 bits per heavy atom. The van der Waals surface area contributed by atoms with Gasteiger partial charge in [0.05, 0.1) is 0 Å². The lowest BCUT2D eigenvalue weighted by atomic mass is 10.00. The number of fused-ring (bicyclic) bond motifs is 4. The van der Waals surface area contributed by atoms with Gasteiger partial charge in [0.25, 0.3) is 0 Å². The van der Waals surface area contributed by atoms with Crippen molar-refractivity contribution in [1.29, 1.82) is 0 Å². The highest BCUT2D eigenvalue weighted by molar-refractivity contribution is 6.08. The second-order valence-corrected chi connectivity index (χ2v) is 9.31. The summed E-state index contributed by atoms with van der Waals surface area (Å²) < 4.78 is 2.43. The summed E-state index contributed by atoms with van der Waals surface area (Å²) in [6.07, 6.45) is 1.09. The molecule has 3 heteroatoms. The first-order valence-electron chi connectivity index (χ1n) is 12.6. The van der Waals surface area contributed by atoms with Crippen molar-refractivity contribution in [2.75, 3.05) is 13.1 Å². The smallest absolute Gasteiger partial charge is 0.0494 e. The zero-order valence-corrected chi connectivity index (χ0v) is 20.5. The highest BCUT2D eigenvalue weighted by Crippen LogP contribution is 2.31. The molecule has 0 saturated carbocycles. The molecule has 174 valence electrons. The molecule has 2 N–H and O–H groups in total. The highest BCUT2D eigenvalue weighted by Gasteiger charge is 2.12. The van der Waals surface area contributed by atoms with Crippen LogP contribution in [0.2, 0.25) is 0 Å². The maximum atomic E-state index is 3.73. The van der Waals surface area contributed by atoms with Crippen LogP contribution in [0.4, 0.5) is 0 Å². The summed E-state index contributed by atoms with van der Waals surface area (Å²) in [6, 6.07) is 31.6. The largest absolute Gasteiger partial charge is 0.341 e. The number of benzene rings is 4. The standard InChI is InChI=1S/C31H35N3/c1-4-34-30-16-8-7-14-28(30)29-18-17-25(21-31(29)34)22(2)32-19-10-20-33-23(3)26-15-9-12-24-11-5-6-13-27(24)26/h5-9,11-18,21-23,32-33H,4,10,19-20H2,1-3H3. The van der Waals surface area contributed by atoms with Gasteiger partial charge in [-0.15, -0.1) is 0 Å². The minimum atomic E-state index is 0.322. The van der Waals surface area contributed by atoms with Crippen LogP contribution >= 0.6 is 0 Å². The average molecular weight is 450 g/mol. The second kappa shape index (κ2) is 10.0. The first kappa shape index (κ1) is 22.6. The predicted molar refractivity (Wildman–Crippen MR) is 147 cm³/mol. The zero-order chi connectivity index (χ0) is 23.5. The lowest BCUT2D eigenvalue weighted by Crippen LogP contribution is -2.26. The first-order valence-corrected chi connectivity index (χ1v) is 12.6. The number of para-hydroxylation sites is 1. The molecule has 1 heterocycles. The van der Waals surface area contributed by atoms with Crippen molar-refractivity contribution in [2.24, 2.45) is 0 Å². The normalized spacial score (nSPS) is 13.6. The molecule has 2 unspecified atom stereocenters.